The van der Waals surface area contributed by atoms with E-state index in [-0.39, 0.29) is 58.1 Å². The third kappa shape index (κ3) is 4.87. The number of carbonyl (C=O) groups excluding carboxylic acids is 1. The van der Waals surface area contributed by atoms with E-state index in [1.165, 1.54) is 34.0 Å². The summed E-state index contributed by atoms with van der Waals surface area (Å²) in [7, 11) is 0. The molecule has 4 N–H and O–H groups in total. The first-order valence-electron chi connectivity index (χ1n) is 14.8. The summed E-state index contributed by atoms with van der Waals surface area (Å²) in [6.45, 7) is 3.99. The fourth-order valence-corrected chi connectivity index (χ4v) is 10.6. The summed E-state index contributed by atoms with van der Waals surface area (Å²) in [5.41, 5.74) is 0. The van der Waals surface area contributed by atoms with Gasteiger partial charge in [-0.05, 0) is 13.8 Å². The Bertz CT molecular complexity index is 1740. The predicted octanol–water partition coefficient (Wildman–Crippen LogP) is 3.21. The molecule has 3 aromatic rings. The summed E-state index contributed by atoms with van der Waals surface area (Å²) < 4.78 is 49.7. The van der Waals surface area contributed by atoms with Gasteiger partial charge in [0.2, 0.25) is 11.9 Å². The van der Waals surface area contributed by atoms with Crippen LogP contribution in [0.5, 0.6) is 34.5 Å². The number of aryl methyl sites for hydroxylation is 1. The van der Waals surface area contributed by atoms with Crippen molar-refractivity contribution in [1.29, 1.82) is 0 Å². The lowest BCUT2D eigenvalue weighted by Gasteiger charge is -2.26. The number of hydrogen-bond donors (Lipinski definition) is 4. The molecular formula is C30H31O12S4+. The molecule has 0 fully saturated rings. The summed E-state index contributed by atoms with van der Waals surface area (Å²) in [5.74, 6) is 4.49. The average molecular weight is 712 g/mol. The van der Waals surface area contributed by atoms with Gasteiger partial charge >= 0.3 is 12.4 Å². The first-order valence-corrected chi connectivity index (χ1v) is 18.1. The van der Waals surface area contributed by atoms with Crippen molar-refractivity contribution in [1.82, 2.24) is 0 Å². The molecule has 0 saturated heterocycles. The van der Waals surface area contributed by atoms with E-state index in [1.54, 1.807) is 11.8 Å². The number of hydrogen-bond acceptors (Lipinski definition) is 15. The van der Waals surface area contributed by atoms with Crippen molar-refractivity contribution in [3.05, 3.63) is 15.5 Å². The van der Waals surface area contributed by atoms with Crippen LogP contribution in [-0.2, 0) is 9.16 Å². The Morgan fingerprint density at radius 3 is 1.67 bits per heavy atom. The van der Waals surface area contributed by atoms with Crippen LogP contribution in [0.2, 0.25) is 0 Å². The van der Waals surface area contributed by atoms with Gasteiger partial charge < -0.3 is 53.6 Å². The lowest BCUT2D eigenvalue weighted by Crippen LogP contribution is -2.33. The normalized spacial score (nSPS) is 26.1. The molecule has 0 aromatic carbocycles. The summed E-state index contributed by atoms with van der Waals surface area (Å²) in [5, 5.41) is 39.4. The second-order valence-corrected chi connectivity index (χ2v) is 15.8. The average Bonchev–Trinajstić information content (AvgIpc) is 3.84. The standard InChI is InChI=1S/C30H31O12S4/c1-11-17-22(40-14(4-32)7-35-17)28(43-11)26-20-24(42-16(6-34)9-37-20)30(45-26)27-21-23(41-15(5-33)10-38-21)29(46-27)25-19-18(12(2)44-25)39-13(3-31)8-36-19/h11,13-16,31-34H,3-10H2,1-2H3/q+1. The molecule has 0 spiro atoms. The Morgan fingerprint density at radius 2 is 1.09 bits per heavy atom. The van der Waals surface area contributed by atoms with E-state index in [1.807, 2.05) is 13.8 Å². The highest BCUT2D eigenvalue weighted by Gasteiger charge is 2.48. The Morgan fingerprint density at radius 1 is 0.609 bits per heavy atom. The molecule has 0 aliphatic carbocycles. The summed E-state index contributed by atoms with van der Waals surface area (Å²) in [4.78, 5) is 5.52. The smallest absolute Gasteiger partial charge is 0.375 e. The van der Waals surface area contributed by atoms with Gasteiger partial charge in [-0.1, -0.05) is 0 Å². The van der Waals surface area contributed by atoms with Crippen molar-refractivity contribution in [2.24, 2.45) is 0 Å². The van der Waals surface area contributed by atoms with Gasteiger partial charge in [-0.15, -0.1) is 45.8 Å². The topological polar surface area (TPSA) is 157 Å². The number of rotatable bonds is 7. The molecule has 46 heavy (non-hydrogen) atoms. The number of fused-ring (bicyclic) bond motifs is 4. The highest BCUT2D eigenvalue weighted by molar-refractivity contribution is 8.10. The molecule has 3 aromatic heterocycles. The highest BCUT2D eigenvalue weighted by Crippen LogP contribution is 2.65. The van der Waals surface area contributed by atoms with Crippen molar-refractivity contribution < 1.29 is 58.0 Å². The molecule has 12 nitrogen and oxygen atoms in total. The van der Waals surface area contributed by atoms with Crippen LogP contribution in [0.15, 0.2) is 5.76 Å². The quantitative estimate of drug-likeness (QED) is 0.266. The van der Waals surface area contributed by atoms with Crippen LogP contribution in [0.1, 0.15) is 16.7 Å². The van der Waals surface area contributed by atoms with Gasteiger partial charge in [-0.3, -0.25) is 0 Å². The second-order valence-electron chi connectivity index (χ2n) is 11.2. The van der Waals surface area contributed by atoms with Gasteiger partial charge in [-0.2, -0.15) is 0 Å². The van der Waals surface area contributed by atoms with Crippen LogP contribution in [0.3, 0.4) is 0 Å². The Labute approximate surface area is 279 Å². The maximum Gasteiger partial charge on any atom is 0.375 e. The highest BCUT2D eigenvalue weighted by atomic mass is 32.2. The van der Waals surface area contributed by atoms with E-state index in [2.05, 4.69) is 0 Å². The van der Waals surface area contributed by atoms with Crippen molar-refractivity contribution in [3.63, 3.8) is 0 Å². The molecule has 0 bridgehead atoms. The molecule has 16 heteroatoms. The minimum absolute atomic E-state index is 0.00492. The van der Waals surface area contributed by atoms with Gasteiger partial charge in [0.15, 0.2) is 52.8 Å². The summed E-state index contributed by atoms with van der Waals surface area (Å²) in [6, 6.07) is 0. The van der Waals surface area contributed by atoms with Gasteiger partial charge in [0.1, 0.15) is 25.1 Å². The zero-order chi connectivity index (χ0) is 31.7. The van der Waals surface area contributed by atoms with Crippen LogP contribution in [0.4, 0.5) is 0 Å². The van der Waals surface area contributed by atoms with Gasteiger partial charge in [0.05, 0.1) is 55.7 Å². The van der Waals surface area contributed by atoms with E-state index >= 15 is 0 Å². The maximum absolute atomic E-state index is 10.0. The molecule has 5 atom stereocenters. The molecule has 8 heterocycles. The van der Waals surface area contributed by atoms with Gasteiger partial charge in [0, 0.05) is 4.88 Å². The molecule has 5 aliphatic heterocycles. The van der Waals surface area contributed by atoms with Crippen LogP contribution < -0.4 is 28.4 Å². The SMILES string of the molecule is Cc1sc(-c2sc(-c3sc(C4=C5OC(CO)C[O+]=C5C(C)S4)c4c3OC(CO)CO4)c3c2OC(CO)CO3)c2c1OC(CO)CO2. The third-order valence-corrected chi connectivity index (χ3v) is 13.0. The van der Waals surface area contributed by atoms with Crippen molar-refractivity contribution in [2.45, 2.75) is 43.5 Å². The van der Waals surface area contributed by atoms with E-state index in [0.717, 1.165) is 40.0 Å². The summed E-state index contributed by atoms with van der Waals surface area (Å²) >= 11 is 5.97. The van der Waals surface area contributed by atoms with Crippen molar-refractivity contribution >= 4 is 56.5 Å². The third-order valence-electron chi connectivity index (χ3n) is 7.96. The molecule has 5 unspecified atom stereocenters. The van der Waals surface area contributed by atoms with Crippen molar-refractivity contribution in [2.75, 3.05) is 52.9 Å². The van der Waals surface area contributed by atoms with E-state index < -0.39 is 24.4 Å². The van der Waals surface area contributed by atoms with Gasteiger partial charge in [-0.25, -0.2) is 4.42 Å². The number of ether oxygens (including phenoxy) is 7. The Balaban J connectivity index is 1.30. The molecular weight excluding hydrogens is 681 g/mol. The summed E-state index contributed by atoms with van der Waals surface area (Å²) in [6.07, 6.45) is -2.07. The lowest BCUT2D eigenvalue weighted by molar-refractivity contribution is -0.479. The monoisotopic (exact) mass is 711 g/mol. The first-order chi connectivity index (χ1) is 22.4. The number of thioether (sulfide) groups is 1. The number of ketones is 1. The minimum Gasteiger partial charge on any atom is -0.484 e. The molecule has 0 radical (unpaired) electrons. The molecule has 0 amide bonds. The van der Waals surface area contributed by atoms with E-state index in [0.29, 0.717) is 40.3 Å². The molecule has 246 valence electrons. The van der Waals surface area contributed by atoms with Gasteiger partial charge in [0.25, 0.3) is 0 Å². The number of aliphatic hydroxyl groups excluding tert-OH is 4. The Hall–Kier alpha value is -2.70. The van der Waals surface area contributed by atoms with Crippen LogP contribution >= 0.6 is 45.8 Å². The zero-order valence-corrected chi connectivity index (χ0v) is 28.0. The fourth-order valence-electron chi connectivity index (χ4n) is 5.71. The van der Waals surface area contributed by atoms with E-state index in [9.17, 15) is 20.4 Å². The van der Waals surface area contributed by atoms with Crippen LogP contribution in [0.25, 0.3) is 24.4 Å². The fraction of sp³-hybridized carbons (Fsp3) is 0.500. The maximum atomic E-state index is 10.0. The number of thiophene rings is 3. The predicted molar refractivity (Wildman–Crippen MR) is 172 cm³/mol. The molecule has 8 rings (SSSR count). The molecule has 0 saturated carbocycles. The number of allylic oxidation sites excluding steroid dienone is 1. The first kappa shape index (κ1) is 30.6. The van der Waals surface area contributed by atoms with Crippen LogP contribution in [0, 0.1) is 6.92 Å². The second kappa shape index (κ2) is 12.1. The van der Waals surface area contributed by atoms with Crippen LogP contribution in [-0.4, -0.2) is 109 Å². The lowest BCUT2D eigenvalue weighted by atomic mass is 10.2. The zero-order valence-electron chi connectivity index (χ0n) is 24.7. The largest absolute Gasteiger partial charge is 0.484 e. The Kier molecular flexibility index (Phi) is 8.04. The number of aliphatic hydroxyl groups is 4. The van der Waals surface area contributed by atoms with Crippen molar-refractivity contribution in [3.8, 4) is 54.0 Å². The molecule has 5 aliphatic rings. The minimum atomic E-state index is -0.570. The van der Waals surface area contributed by atoms with E-state index in [4.69, 9.17) is 37.6 Å².